The van der Waals surface area contributed by atoms with Crippen LogP contribution in [0.2, 0.25) is 0 Å². The van der Waals surface area contributed by atoms with E-state index in [1.165, 1.54) is 11.0 Å². The molecule has 0 spiro atoms. The van der Waals surface area contributed by atoms with Gasteiger partial charge in [-0.05, 0) is 57.0 Å². The van der Waals surface area contributed by atoms with Crippen molar-refractivity contribution < 1.29 is 39.6 Å². The number of hydroxylamine groups is 2. The summed E-state index contributed by atoms with van der Waals surface area (Å²) in [6.07, 6.45) is 0.283. The Balaban J connectivity index is 1.90. The third kappa shape index (κ3) is 3.93. The normalized spacial score (nSPS) is 27.5. The van der Waals surface area contributed by atoms with Crippen molar-refractivity contribution >= 4 is 23.2 Å². The Bertz CT molecular complexity index is 1240. The van der Waals surface area contributed by atoms with Gasteiger partial charge in [0.25, 0.3) is 5.91 Å². The molecule has 3 aliphatic rings. The van der Waals surface area contributed by atoms with E-state index in [0.29, 0.717) is 25.3 Å². The van der Waals surface area contributed by atoms with Crippen LogP contribution in [0.15, 0.2) is 29.0 Å². The predicted octanol–water partition coefficient (Wildman–Crippen LogP) is 0.737. The molecule has 4 atom stereocenters. The van der Waals surface area contributed by atoms with Crippen LogP contribution < -0.4 is 5.73 Å². The van der Waals surface area contributed by atoms with Crippen LogP contribution in [0.1, 0.15) is 37.0 Å². The van der Waals surface area contributed by atoms with Crippen LogP contribution in [0.25, 0.3) is 5.76 Å². The van der Waals surface area contributed by atoms with Crippen molar-refractivity contribution in [2.75, 3.05) is 27.2 Å². The number of phenolic OH excluding ortho intramolecular Hbond substituents is 1. The minimum atomic E-state index is -2.65. The number of nitrogens with zero attached hydrogens (tertiary/aromatic N) is 2. The molecule has 1 aromatic rings. The molecular formula is C26H33N3O8. The summed E-state index contributed by atoms with van der Waals surface area (Å²) in [5, 5.41) is 46.2. The highest BCUT2D eigenvalue weighted by molar-refractivity contribution is 6.24. The molecule has 0 radical (unpaired) electrons. The molecule has 0 saturated heterocycles. The van der Waals surface area contributed by atoms with Gasteiger partial charge in [0.2, 0.25) is 5.78 Å². The number of primary amides is 1. The van der Waals surface area contributed by atoms with Gasteiger partial charge in [0.1, 0.15) is 22.8 Å². The largest absolute Gasteiger partial charge is 0.508 e. The zero-order chi connectivity index (χ0) is 27.4. The number of aliphatic hydroxyl groups excluding tert-OH is 2. The van der Waals surface area contributed by atoms with Gasteiger partial charge < -0.3 is 26.2 Å². The summed E-state index contributed by atoms with van der Waals surface area (Å²) in [7, 11) is 3.13. The number of phenols is 1. The topological polar surface area (TPSA) is 174 Å². The molecule has 1 amide bonds. The van der Waals surface area contributed by atoms with Crippen molar-refractivity contribution in [2.45, 2.75) is 44.9 Å². The molecule has 0 bridgehead atoms. The molecule has 6 N–H and O–H groups in total. The maximum Gasteiger partial charge on any atom is 0.255 e. The van der Waals surface area contributed by atoms with Crippen LogP contribution in [-0.2, 0) is 32.2 Å². The molecule has 0 heterocycles. The number of benzene rings is 1. The lowest BCUT2D eigenvalue weighted by atomic mass is 9.57. The molecule has 11 heteroatoms. The first-order chi connectivity index (χ1) is 17.4. The number of hydrogen-bond donors (Lipinski definition) is 5. The maximum atomic E-state index is 13.8. The molecule has 3 aliphatic carbocycles. The number of nitrogens with two attached hydrogens (primary N) is 1. The lowest BCUT2D eigenvalue weighted by Gasteiger charge is -2.50. The number of hydrogen-bond acceptors (Lipinski definition) is 10. The SMILES string of the molecule is CCON(CC)Cc1ccc(O)c2c1C[C@H]1C[C@H]3[C@H](N(C)C)C(=O)C(C(N)=O)=C(O)[C@@]3(O)C(=O)C1=C2O. The van der Waals surface area contributed by atoms with Gasteiger partial charge in [-0.3, -0.25) is 24.1 Å². The van der Waals surface area contributed by atoms with E-state index in [2.05, 4.69) is 0 Å². The molecule has 0 aromatic heterocycles. The molecule has 0 aliphatic heterocycles. The molecule has 11 nitrogen and oxygen atoms in total. The molecule has 1 aromatic carbocycles. The third-order valence-electron chi connectivity index (χ3n) is 7.71. The van der Waals surface area contributed by atoms with Crippen molar-refractivity contribution in [1.29, 1.82) is 0 Å². The van der Waals surface area contributed by atoms with Gasteiger partial charge in [-0.15, -0.1) is 0 Å². The van der Waals surface area contributed by atoms with Gasteiger partial charge in [0, 0.05) is 24.6 Å². The Kier molecular flexibility index (Phi) is 6.93. The van der Waals surface area contributed by atoms with E-state index in [0.717, 1.165) is 5.56 Å². The van der Waals surface area contributed by atoms with Crippen LogP contribution in [0.4, 0.5) is 0 Å². The van der Waals surface area contributed by atoms with E-state index in [1.807, 2.05) is 13.8 Å². The fourth-order valence-electron chi connectivity index (χ4n) is 6.08. The summed E-state index contributed by atoms with van der Waals surface area (Å²) < 4.78 is 0. The van der Waals surface area contributed by atoms with E-state index in [-0.39, 0.29) is 29.7 Å². The fourth-order valence-corrected chi connectivity index (χ4v) is 6.08. The van der Waals surface area contributed by atoms with Crippen LogP contribution in [0.3, 0.4) is 0 Å². The first-order valence-electron chi connectivity index (χ1n) is 12.3. The smallest absolute Gasteiger partial charge is 0.255 e. The Morgan fingerprint density at radius 1 is 1.19 bits per heavy atom. The summed E-state index contributed by atoms with van der Waals surface area (Å²) in [6, 6.07) is 2.03. The second-order valence-electron chi connectivity index (χ2n) is 9.93. The minimum Gasteiger partial charge on any atom is -0.508 e. The van der Waals surface area contributed by atoms with E-state index in [1.54, 1.807) is 25.2 Å². The van der Waals surface area contributed by atoms with Gasteiger partial charge in [0.15, 0.2) is 11.4 Å². The van der Waals surface area contributed by atoms with Gasteiger partial charge in [-0.1, -0.05) is 13.0 Å². The summed E-state index contributed by atoms with van der Waals surface area (Å²) in [6.45, 7) is 5.22. The fraction of sp³-hybridized carbons (Fsp3) is 0.500. The van der Waals surface area contributed by atoms with Crippen LogP contribution in [0, 0.1) is 11.8 Å². The number of Topliss-reactive ketones (excluding diaryl/α,β-unsaturated/α-hetero) is 2. The van der Waals surface area contributed by atoms with E-state index >= 15 is 0 Å². The lowest BCUT2D eigenvalue weighted by molar-refractivity contribution is -0.159. The number of aliphatic hydroxyl groups is 3. The van der Waals surface area contributed by atoms with E-state index in [9.17, 15) is 34.8 Å². The molecule has 1 saturated carbocycles. The number of ketones is 2. The average molecular weight is 516 g/mol. The quantitative estimate of drug-likeness (QED) is 0.257. The molecule has 37 heavy (non-hydrogen) atoms. The Labute approximate surface area is 214 Å². The zero-order valence-corrected chi connectivity index (χ0v) is 21.3. The number of fused-ring (bicyclic) bond motifs is 3. The van der Waals surface area contributed by atoms with Crippen LogP contribution in [0.5, 0.6) is 5.75 Å². The monoisotopic (exact) mass is 515 g/mol. The highest BCUT2D eigenvalue weighted by Gasteiger charge is 2.64. The van der Waals surface area contributed by atoms with Crippen LogP contribution >= 0.6 is 0 Å². The van der Waals surface area contributed by atoms with Crippen molar-refractivity contribution in [2.24, 2.45) is 17.6 Å². The second kappa shape index (κ2) is 9.56. The molecule has 1 fully saturated rings. The first-order valence-corrected chi connectivity index (χ1v) is 12.3. The zero-order valence-electron chi connectivity index (χ0n) is 21.3. The highest BCUT2D eigenvalue weighted by Crippen LogP contribution is 2.53. The molecule has 0 unspecified atom stereocenters. The van der Waals surface area contributed by atoms with Gasteiger partial charge in [-0.25, -0.2) is 0 Å². The number of carbonyl (C=O) groups is 3. The highest BCUT2D eigenvalue weighted by atomic mass is 16.7. The van der Waals surface area contributed by atoms with Gasteiger partial charge in [-0.2, -0.15) is 5.06 Å². The number of rotatable bonds is 7. The maximum absolute atomic E-state index is 13.8. The van der Waals surface area contributed by atoms with Gasteiger partial charge >= 0.3 is 0 Å². The molecular weight excluding hydrogens is 482 g/mol. The first kappa shape index (κ1) is 26.8. The third-order valence-corrected chi connectivity index (χ3v) is 7.71. The minimum absolute atomic E-state index is 0.0454. The Morgan fingerprint density at radius 2 is 1.86 bits per heavy atom. The van der Waals surface area contributed by atoms with Crippen molar-refractivity contribution in [1.82, 2.24) is 9.96 Å². The summed E-state index contributed by atoms with van der Waals surface area (Å²) in [5.74, 6) is -6.65. The number of likely N-dealkylation sites (N-methyl/N-ethyl adjacent to an activating group) is 1. The van der Waals surface area contributed by atoms with Crippen LogP contribution in [-0.4, -0.2) is 86.8 Å². The number of carbonyl (C=O) groups excluding carboxylic acids is 3. The van der Waals surface area contributed by atoms with E-state index in [4.69, 9.17) is 10.6 Å². The number of aromatic hydroxyl groups is 1. The Hall–Kier alpha value is -3.25. The summed E-state index contributed by atoms with van der Waals surface area (Å²) in [5.41, 5.74) is 3.17. The average Bonchev–Trinajstić information content (AvgIpc) is 2.82. The summed E-state index contributed by atoms with van der Waals surface area (Å²) in [4.78, 5) is 46.2. The summed E-state index contributed by atoms with van der Waals surface area (Å²) >= 11 is 0. The van der Waals surface area contributed by atoms with Crippen molar-refractivity contribution in [3.05, 3.63) is 45.7 Å². The van der Waals surface area contributed by atoms with Crippen molar-refractivity contribution in [3.63, 3.8) is 0 Å². The van der Waals surface area contributed by atoms with Gasteiger partial charge in [0.05, 0.1) is 18.2 Å². The van der Waals surface area contributed by atoms with E-state index < -0.39 is 58.0 Å². The lowest BCUT2D eigenvalue weighted by Crippen LogP contribution is -2.65. The predicted molar refractivity (Wildman–Crippen MR) is 132 cm³/mol. The standard InChI is InChI=1S/C26H33N3O8/c1-5-29(37-6-2)11-12-7-8-16(30)18-14(12)9-13-10-15-20(28(3)4)22(32)19(25(27)35)24(34)26(15,36)23(33)17(13)21(18)31/h7-8,13,15,20,30-31,34,36H,5-6,9-11H2,1-4H3,(H2,27,35)/t13-,15-,20-,26-/m0/s1. The number of amides is 1. The second-order valence-corrected chi connectivity index (χ2v) is 9.93. The Morgan fingerprint density at radius 3 is 2.43 bits per heavy atom. The molecule has 200 valence electrons. The van der Waals surface area contributed by atoms with Crippen molar-refractivity contribution in [3.8, 4) is 5.75 Å². The molecule has 4 rings (SSSR count).